The highest BCUT2D eigenvalue weighted by Gasteiger charge is 2.76. The van der Waals surface area contributed by atoms with Crippen molar-refractivity contribution in [1.82, 2.24) is 4.90 Å². The summed E-state index contributed by atoms with van der Waals surface area (Å²) in [7, 11) is 2.81. The van der Waals surface area contributed by atoms with Crippen LogP contribution < -0.4 is 15.0 Å². The van der Waals surface area contributed by atoms with Crippen LogP contribution in [0.1, 0.15) is 18.4 Å². The molecule has 3 saturated heterocycles. The van der Waals surface area contributed by atoms with Crippen molar-refractivity contribution in [1.29, 1.82) is 0 Å². The first-order chi connectivity index (χ1) is 19.3. The maximum atomic E-state index is 14.3. The van der Waals surface area contributed by atoms with Crippen LogP contribution in [0.4, 0.5) is 11.4 Å². The number of rotatable bonds is 6. The second-order valence-corrected chi connectivity index (χ2v) is 10.5. The lowest BCUT2D eigenvalue weighted by Crippen LogP contribution is -2.58. The first-order valence-electron chi connectivity index (χ1n) is 13.1. The predicted molar refractivity (Wildman–Crippen MR) is 147 cm³/mol. The highest BCUT2D eigenvalue weighted by molar-refractivity contribution is 6.25. The Hall–Kier alpha value is -4.66. The molecule has 0 spiro atoms. The molecule has 0 radical (unpaired) electrons. The van der Waals surface area contributed by atoms with E-state index in [9.17, 15) is 19.2 Å². The number of anilines is 2. The van der Waals surface area contributed by atoms with Crippen molar-refractivity contribution in [3.63, 3.8) is 0 Å². The number of fused-ring (bicyclic) bond motifs is 3. The van der Waals surface area contributed by atoms with Gasteiger partial charge in [0.25, 0.3) is 0 Å². The summed E-state index contributed by atoms with van der Waals surface area (Å²) in [5, 5.41) is 3.49. The molecule has 9 nitrogen and oxygen atoms in total. The largest absolute Gasteiger partial charge is 0.497 e. The second kappa shape index (κ2) is 9.51. The van der Waals surface area contributed by atoms with E-state index < -0.39 is 53.2 Å². The zero-order valence-corrected chi connectivity index (χ0v) is 22.3. The fraction of sp³-hybridized carbons (Fsp3) is 0.290. The minimum absolute atomic E-state index is 0.337. The number of nitrogens with one attached hydrogen (secondary N) is 1. The van der Waals surface area contributed by atoms with Crippen LogP contribution in [-0.2, 0) is 23.9 Å². The summed E-state index contributed by atoms with van der Waals surface area (Å²) < 4.78 is 10.5. The number of carbonyl (C=O) groups is 4. The number of carbonyl (C=O) groups excluding carboxylic acids is 4. The molecule has 1 N–H and O–H groups in total. The molecule has 0 unspecified atom stereocenters. The quantitative estimate of drug-likeness (QED) is 0.379. The summed E-state index contributed by atoms with van der Waals surface area (Å²) in [6, 6.07) is 23.8. The average molecular weight is 540 g/mol. The molecule has 3 aromatic rings. The van der Waals surface area contributed by atoms with Gasteiger partial charge in [0.15, 0.2) is 5.54 Å². The van der Waals surface area contributed by atoms with Gasteiger partial charge in [0.05, 0.1) is 49.7 Å². The number of para-hydroxylation sites is 1. The van der Waals surface area contributed by atoms with Crippen LogP contribution >= 0.6 is 0 Å². The lowest BCUT2D eigenvalue weighted by Gasteiger charge is -2.36. The fourth-order valence-corrected chi connectivity index (χ4v) is 6.83. The van der Waals surface area contributed by atoms with Gasteiger partial charge in [-0.2, -0.15) is 0 Å². The minimum atomic E-state index is -1.68. The molecular formula is C31H29N3O6. The van der Waals surface area contributed by atoms with Crippen LogP contribution in [0.2, 0.25) is 0 Å². The van der Waals surface area contributed by atoms with Crippen molar-refractivity contribution in [2.45, 2.75) is 30.5 Å². The standard InChI is InChI=1S/C31H29N3O6/c1-31(30(38)40-3)24-23(27(35)33(29(24)37)20-12-8-5-9-13-20)26-25(32-19-14-16-21(39-2)17-15-19)22(28(36)34(26)31)18-10-6-4-7-11-18/h4-17,22-26,32H,1-3H3/t22-,23+,24+,25+,26-,31+/m1/s1. The van der Waals surface area contributed by atoms with Crippen molar-refractivity contribution in [3.8, 4) is 5.75 Å². The fourth-order valence-electron chi connectivity index (χ4n) is 6.83. The van der Waals surface area contributed by atoms with Gasteiger partial charge < -0.3 is 19.7 Å². The molecule has 3 aliphatic rings. The molecule has 3 aliphatic heterocycles. The average Bonchev–Trinajstić information content (AvgIpc) is 3.54. The van der Waals surface area contributed by atoms with Crippen molar-refractivity contribution in [2.75, 3.05) is 24.4 Å². The van der Waals surface area contributed by atoms with Crippen molar-refractivity contribution < 1.29 is 28.7 Å². The second-order valence-electron chi connectivity index (χ2n) is 10.5. The van der Waals surface area contributed by atoms with Crippen LogP contribution in [-0.4, -0.2) is 60.4 Å². The summed E-state index contributed by atoms with van der Waals surface area (Å²) in [6.07, 6.45) is 0. The van der Waals surface area contributed by atoms with E-state index in [4.69, 9.17) is 9.47 Å². The summed E-state index contributed by atoms with van der Waals surface area (Å²) in [5.41, 5.74) is 0.199. The van der Waals surface area contributed by atoms with E-state index in [2.05, 4.69) is 5.32 Å². The van der Waals surface area contributed by atoms with Crippen LogP contribution in [0.3, 0.4) is 0 Å². The Kier molecular flexibility index (Phi) is 6.09. The van der Waals surface area contributed by atoms with Gasteiger partial charge in [-0.25, -0.2) is 9.69 Å². The summed E-state index contributed by atoms with van der Waals surface area (Å²) in [4.78, 5) is 58.6. The van der Waals surface area contributed by atoms with Crippen LogP contribution in [0, 0.1) is 11.8 Å². The minimum Gasteiger partial charge on any atom is -0.497 e. The SMILES string of the molecule is COC(=O)[C@]1(C)[C@@H]2C(=O)N(c3ccccc3)C(=O)[C@@H]2[C@@H]2[C@@H](Nc3ccc(OC)cc3)[C@@H](c3ccccc3)C(=O)N21. The van der Waals surface area contributed by atoms with Crippen molar-refractivity contribution in [3.05, 3.63) is 90.5 Å². The molecule has 0 bridgehead atoms. The number of amides is 3. The Morgan fingerprint density at radius 3 is 2.05 bits per heavy atom. The number of esters is 1. The van der Waals surface area contributed by atoms with E-state index in [1.807, 2.05) is 42.5 Å². The molecule has 3 amide bonds. The molecule has 9 heteroatoms. The van der Waals surface area contributed by atoms with Gasteiger partial charge in [0.2, 0.25) is 17.7 Å². The first kappa shape index (κ1) is 25.6. The third-order valence-electron chi connectivity index (χ3n) is 8.55. The molecule has 3 heterocycles. The topological polar surface area (TPSA) is 105 Å². The van der Waals surface area contributed by atoms with Gasteiger partial charge in [-0.15, -0.1) is 0 Å². The molecular weight excluding hydrogens is 510 g/mol. The zero-order chi connectivity index (χ0) is 28.2. The maximum Gasteiger partial charge on any atom is 0.332 e. The molecule has 3 fully saturated rings. The van der Waals surface area contributed by atoms with Crippen LogP contribution in [0.25, 0.3) is 0 Å². The lowest BCUT2D eigenvalue weighted by atomic mass is 9.77. The third kappa shape index (κ3) is 3.53. The Morgan fingerprint density at radius 1 is 0.825 bits per heavy atom. The van der Waals surface area contributed by atoms with Crippen LogP contribution in [0.15, 0.2) is 84.9 Å². The van der Waals surface area contributed by atoms with E-state index >= 15 is 0 Å². The van der Waals surface area contributed by atoms with Gasteiger partial charge in [-0.1, -0.05) is 48.5 Å². The monoisotopic (exact) mass is 539 g/mol. The number of hydrogen-bond acceptors (Lipinski definition) is 7. The molecule has 0 aliphatic carbocycles. The third-order valence-corrected chi connectivity index (χ3v) is 8.55. The summed E-state index contributed by atoms with van der Waals surface area (Å²) >= 11 is 0. The Labute approximate surface area is 231 Å². The Bertz CT molecular complexity index is 1480. The van der Waals surface area contributed by atoms with Gasteiger partial charge in [-0.05, 0) is 48.9 Å². The highest BCUT2D eigenvalue weighted by atomic mass is 16.5. The smallest absolute Gasteiger partial charge is 0.332 e. The van der Waals surface area contributed by atoms with Crippen molar-refractivity contribution >= 4 is 35.1 Å². The highest BCUT2D eigenvalue weighted by Crippen LogP contribution is 2.56. The van der Waals surface area contributed by atoms with Gasteiger partial charge in [0.1, 0.15) is 5.75 Å². The molecule has 3 aromatic carbocycles. The summed E-state index contributed by atoms with van der Waals surface area (Å²) in [6.45, 7) is 1.55. The molecule has 0 saturated carbocycles. The maximum absolute atomic E-state index is 14.3. The number of hydrogen-bond donors (Lipinski definition) is 1. The van der Waals surface area contributed by atoms with E-state index in [1.54, 1.807) is 56.5 Å². The molecule has 6 rings (SSSR count). The normalized spacial score (nSPS) is 28.9. The van der Waals surface area contributed by atoms with Crippen molar-refractivity contribution in [2.24, 2.45) is 11.8 Å². The van der Waals surface area contributed by atoms with Gasteiger partial charge in [0, 0.05) is 5.69 Å². The number of nitrogens with zero attached hydrogens (tertiary/aromatic N) is 2. The van der Waals surface area contributed by atoms with Gasteiger partial charge >= 0.3 is 5.97 Å². The Morgan fingerprint density at radius 2 is 1.45 bits per heavy atom. The summed E-state index contributed by atoms with van der Waals surface area (Å²) in [5.74, 6) is -4.12. The Balaban J connectivity index is 1.52. The van der Waals surface area contributed by atoms with E-state index in [1.165, 1.54) is 12.0 Å². The first-order valence-corrected chi connectivity index (χ1v) is 13.1. The number of methoxy groups -OCH3 is 2. The molecule has 204 valence electrons. The van der Waals surface area contributed by atoms with Crippen LogP contribution in [0.5, 0.6) is 5.75 Å². The number of benzene rings is 3. The lowest BCUT2D eigenvalue weighted by molar-refractivity contribution is -0.161. The predicted octanol–water partition coefficient (Wildman–Crippen LogP) is 3.22. The van der Waals surface area contributed by atoms with E-state index in [0.717, 1.165) is 10.5 Å². The van der Waals surface area contributed by atoms with E-state index in [-0.39, 0.29) is 5.91 Å². The molecule has 0 aromatic heterocycles. The number of ether oxygens (including phenoxy) is 2. The molecule has 40 heavy (non-hydrogen) atoms. The van der Waals surface area contributed by atoms with Gasteiger partial charge in [-0.3, -0.25) is 14.4 Å². The molecule has 6 atom stereocenters. The number of imide groups is 1. The zero-order valence-electron chi connectivity index (χ0n) is 22.3. The van der Waals surface area contributed by atoms with E-state index in [0.29, 0.717) is 17.1 Å².